The molecule has 0 bridgehead atoms. The molecule has 6 heteroatoms. The summed E-state index contributed by atoms with van der Waals surface area (Å²) in [5, 5.41) is 4.81. The first kappa shape index (κ1) is 15.3. The molecule has 0 spiro atoms. The van der Waals surface area contributed by atoms with E-state index < -0.39 is 11.8 Å². The number of hydrogen-bond donors (Lipinski definition) is 2. The Morgan fingerprint density at radius 1 is 1.10 bits per heavy atom. The number of carbonyl (C=O) groups is 1. The number of rotatable bonds is 4. The van der Waals surface area contributed by atoms with E-state index in [1.807, 2.05) is 0 Å². The van der Waals surface area contributed by atoms with Crippen molar-refractivity contribution in [2.45, 2.75) is 6.42 Å². The molecule has 110 valence electrons. The molecule has 0 heterocycles. The molecular formula is C15H13ClF2N2O. The van der Waals surface area contributed by atoms with Crippen LogP contribution in [0.3, 0.4) is 0 Å². The normalized spacial score (nSPS) is 10.2. The first-order valence-corrected chi connectivity index (χ1v) is 6.68. The highest BCUT2D eigenvalue weighted by Gasteiger charge is 2.09. The second-order valence-electron chi connectivity index (χ2n) is 4.32. The van der Waals surface area contributed by atoms with Gasteiger partial charge in [0.05, 0.1) is 10.7 Å². The number of anilines is 1. The predicted octanol–water partition coefficient (Wildman–Crippen LogP) is 3.98. The molecule has 0 aromatic heterocycles. The molecule has 2 amide bonds. The quantitative estimate of drug-likeness (QED) is 0.881. The molecule has 3 nitrogen and oxygen atoms in total. The summed E-state index contributed by atoms with van der Waals surface area (Å²) in [6, 6.07) is 10.1. The maximum atomic E-state index is 13.6. The Bertz CT molecular complexity index is 649. The lowest BCUT2D eigenvalue weighted by Gasteiger charge is -2.09. The number of hydrogen-bond acceptors (Lipinski definition) is 1. The van der Waals surface area contributed by atoms with Gasteiger partial charge in [-0.05, 0) is 30.2 Å². The fourth-order valence-electron chi connectivity index (χ4n) is 1.78. The summed E-state index contributed by atoms with van der Waals surface area (Å²) in [5.41, 5.74) is 0.498. The molecule has 2 rings (SSSR count). The van der Waals surface area contributed by atoms with Gasteiger partial charge in [-0.2, -0.15) is 0 Å². The molecule has 2 aromatic carbocycles. The van der Waals surface area contributed by atoms with E-state index in [4.69, 9.17) is 11.6 Å². The van der Waals surface area contributed by atoms with E-state index in [-0.39, 0.29) is 23.1 Å². The summed E-state index contributed by atoms with van der Waals surface area (Å²) in [4.78, 5) is 11.6. The highest BCUT2D eigenvalue weighted by atomic mass is 35.5. The van der Waals surface area contributed by atoms with Crippen molar-refractivity contribution in [1.82, 2.24) is 5.32 Å². The number of amides is 2. The van der Waals surface area contributed by atoms with Gasteiger partial charge in [-0.3, -0.25) is 0 Å². The van der Waals surface area contributed by atoms with E-state index >= 15 is 0 Å². The van der Waals surface area contributed by atoms with Crippen molar-refractivity contribution < 1.29 is 13.6 Å². The van der Waals surface area contributed by atoms with Gasteiger partial charge in [-0.1, -0.05) is 35.9 Å². The van der Waals surface area contributed by atoms with Crippen molar-refractivity contribution in [1.29, 1.82) is 0 Å². The molecule has 21 heavy (non-hydrogen) atoms. The number of carbonyl (C=O) groups excluding carboxylic acids is 1. The zero-order valence-electron chi connectivity index (χ0n) is 11.0. The molecule has 2 N–H and O–H groups in total. The minimum Gasteiger partial charge on any atom is -0.338 e. The minimum atomic E-state index is -0.691. The van der Waals surface area contributed by atoms with Crippen LogP contribution in [0.2, 0.25) is 5.02 Å². The molecule has 0 radical (unpaired) electrons. The second-order valence-corrected chi connectivity index (χ2v) is 4.73. The summed E-state index contributed by atoms with van der Waals surface area (Å²) >= 11 is 5.61. The number of benzene rings is 2. The largest absolute Gasteiger partial charge is 0.338 e. The van der Waals surface area contributed by atoms with Crippen LogP contribution in [0.5, 0.6) is 0 Å². The lowest BCUT2D eigenvalue weighted by molar-refractivity contribution is 0.252. The fraction of sp³-hybridized carbons (Fsp3) is 0.133. The third kappa shape index (κ3) is 4.16. The molecular weight excluding hydrogens is 298 g/mol. The maximum Gasteiger partial charge on any atom is 0.319 e. The van der Waals surface area contributed by atoms with Crippen LogP contribution in [0.25, 0.3) is 0 Å². The van der Waals surface area contributed by atoms with Gasteiger partial charge in [0.2, 0.25) is 0 Å². The Morgan fingerprint density at radius 3 is 2.62 bits per heavy atom. The van der Waals surface area contributed by atoms with Crippen LogP contribution in [0.1, 0.15) is 5.56 Å². The SMILES string of the molecule is O=C(NCCc1ccccc1F)Nc1cccc(Cl)c1F. The zero-order valence-corrected chi connectivity index (χ0v) is 11.8. The average Bonchev–Trinajstić information content (AvgIpc) is 2.46. The first-order valence-electron chi connectivity index (χ1n) is 6.30. The third-order valence-electron chi connectivity index (χ3n) is 2.84. The van der Waals surface area contributed by atoms with Crippen molar-refractivity contribution >= 4 is 23.3 Å². The molecule has 0 saturated heterocycles. The van der Waals surface area contributed by atoms with Crippen LogP contribution in [0.15, 0.2) is 42.5 Å². The zero-order chi connectivity index (χ0) is 15.2. The maximum absolute atomic E-state index is 13.6. The Labute approximate surface area is 125 Å². The van der Waals surface area contributed by atoms with Gasteiger partial charge >= 0.3 is 6.03 Å². The highest BCUT2D eigenvalue weighted by Crippen LogP contribution is 2.21. The standard InChI is InChI=1S/C15H13ClF2N2O/c16-11-5-3-7-13(14(11)18)20-15(21)19-9-8-10-4-1-2-6-12(10)17/h1-7H,8-9H2,(H2,19,20,21). The van der Waals surface area contributed by atoms with E-state index in [1.54, 1.807) is 18.2 Å². The van der Waals surface area contributed by atoms with Crippen molar-refractivity contribution in [3.05, 3.63) is 64.7 Å². The van der Waals surface area contributed by atoms with E-state index in [2.05, 4.69) is 10.6 Å². The second kappa shape index (κ2) is 7.04. The number of halogens is 3. The van der Waals surface area contributed by atoms with Gasteiger partial charge in [0.15, 0.2) is 5.82 Å². The average molecular weight is 311 g/mol. The van der Waals surface area contributed by atoms with Crippen LogP contribution >= 0.6 is 11.6 Å². The Morgan fingerprint density at radius 2 is 1.86 bits per heavy atom. The smallest absolute Gasteiger partial charge is 0.319 e. The Balaban J connectivity index is 1.85. The fourth-order valence-corrected chi connectivity index (χ4v) is 1.95. The Hall–Kier alpha value is -2.14. The first-order chi connectivity index (χ1) is 10.1. The molecule has 0 fully saturated rings. The molecule has 0 aliphatic rings. The molecule has 0 aliphatic carbocycles. The topological polar surface area (TPSA) is 41.1 Å². The third-order valence-corrected chi connectivity index (χ3v) is 3.13. The van der Waals surface area contributed by atoms with Gasteiger partial charge < -0.3 is 10.6 Å². The highest BCUT2D eigenvalue weighted by molar-refractivity contribution is 6.31. The van der Waals surface area contributed by atoms with Crippen molar-refractivity contribution in [2.75, 3.05) is 11.9 Å². The lowest BCUT2D eigenvalue weighted by Crippen LogP contribution is -2.30. The van der Waals surface area contributed by atoms with Crippen LogP contribution in [-0.2, 0) is 6.42 Å². The van der Waals surface area contributed by atoms with Gasteiger partial charge in [0.25, 0.3) is 0 Å². The van der Waals surface area contributed by atoms with Crippen LogP contribution in [0.4, 0.5) is 19.3 Å². The summed E-state index contributed by atoms with van der Waals surface area (Å²) in [6.07, 6.45) is 0.345. The molecule has 2 aromatic rings. The molecule has 0 atom stereocenters. The number of urea groups is 1. The van der Waals surface area contributed by atoms with Crippen LogP contribution in [0, 0.1) is 11.6 Å². The molecule has 0 saturated carbocycles. The van der Waals surface area contributed by atoms with Crippen molar-refractivity contribution in [3.63, 3.8) is 0 Å². The van der Waals surface area contributed by atoms with Crippen molar-refractivity contribution in [2.24, 2.45) is 0 Å². The summed E-state index contributed by atoms with van der Waals surface area (Å²) in [5.74, 6) is -1.01. The summed E-state index contributed by atoms with van der Waals surface area (Å²) < 4.78 is 26.9. The molecule has 0 aliphatic heterocycles. The van der Waals surface area contributed by atoms with Gasteiger partial charge in [-0.15, -0.1) is 0 Å². The van der Waals surface area contributed by atoms with Crippen LogP contribution < -0.4 is 10.6 Å². The van der Waals surface area contributed by atoms with E-state index in [1.165, 1.54) is 24.3 Å². The summed E-state index contributed by atoms with van der Waals surface area (Å²) in [6.45, 7) is 0.231. The van der Waals surface area contributed by atoms with Crippen molar-refractivity contribution in [3.8, 4) is 0 Å². The summed E-state index contributed by atoms with van der Waals surface area (Å²) in [7, 11) is 0. The van der Waals surface area contributed by atoms with Gasteiger partial charge in [0, 0.05) is 6.54 Å². The van der Waals surface area contributed by atoms with E-state index in [0.717, 1.165) is 0 Å². The van der Waals surface area contributed by atoms with E-state index in [0.29, 0.717) is 12.0 Å². The lowest BCUT2D eigenvalue weighted by atomic mass is 10.1. The van der Waals surface area contributed by atoms with Gasteiger partial charge in [-0.25, -0.2) is 13.6 Å². The van der Waals surface area contributed by atoms with E-state index in [9.17, 15) is 13.6 Å². The van der Waals surface area contributed by atoms with Crippen LogP contribution in [-0.4, -0.2) is 12.6 Å². The number of nitrogens with one attached hydrogen (secondary N) is 2. The minimum absolute atomic E-state index is 0.00843. The monoisotopic (exact) mass is 310 g/mol. The van der Waals surface area contributed by atoms with Gasteiger partial charge in [0.1, 0.15) is 5.82 Å². The molecule has 0 unspecified atom stereocenters. The predicted molar refractivity (Wildman–Crippen MR) is 78.5 cm³/mol. The Kier molecular flexibility index (Phi) is 5.11.